The van der Waals surface area contributed by atoms with Gasteiger partial charge in [-0.15, -0.1) is 6.58 Å². The largest absolute Gasteiger partial charge is 0.490 e. The van der Waals surface area contributed by atoms with Gasteiger partial charge in [0.2, 0.25) is 5.91 Å². The first kappa shape index (κ1) is 23.0. The van der Waals surface area contributed by atoms with Crippen molar-refractivity contribution in [1.82, 2.24) is 9.80 Å². The van der Waals surface area contributed by atoms with E-state index >= 15 is 0 Å². The van der Waals surface area contributed by atoms with Crippen molar-refractivity contribution in [2.24, 2.45) is 0 Å². The number of carbonyl (C=O) groups excluding carboxylic acids is 1. The number of likely N-dealkylation sites (tertiary alicyclic amines) is 2. The number of furan rings is 1. The van der Waals surface area contributed by atoms with Crippen LogP contribution in [0.1, 0.15) is 44.8 Å². The molecule has 1 aromatic heterocycles. The van der Waals surface area contributed by atoms with Crippen molar-refractivity contribution in [1.29, 1.82) is 0 Å². The lowest BCUT2D eigenvalue weighted by Gasteiger charge is -2.52. The molecule has 1 spiro atoms. The number of rotatable bonds is 5. The summed E-state index contributed by atoms with van der Waals surface area (Å²) in [5, 5.41) is 7.12. The minimum Gasteiger partial charge on any atom is -0.475 e. The average Bonchev–Trinajstić information content (AvgIpc) is 3.26. The number of carboxylic acid groups (broad SMARTS) is 1. The summed E-state index contributed by atoms with van der Waals surface area (Å²) < 4.78 is 37.3. The van der Waals surface area contributed by atoms with E-state index in [1.807, 2.05) is 18.2 Å². The zero-order valence-electron chi connectivity index (χ0n) is 16.5. The molecule has 0 saturated carbocycles. The molecule has 0 bridgehead atoms. The van der Waals surface area contributed by atoms with E-state index in [0.717, 1.165) is 44.5 Å². The molecule has 6 nitrogen and oxygen atoms in total. The Labute approximate surface area is 168 Å². The lowest BCUT2D eigenvalue weighted by molar-refractivity contribution is -0.192. The van der Waals surface area contributed by atoms with Gasteiger partial charge in [0, 0.05) is 19.0 Å². The number of piperidine rings is 1. The number of carbonyl (C=O) groups is 2. The molecule has 2 fully saturated rings. The van der Waals surface area contributed by atoms with Crippen LogP contribution in [0.5, 0.6) is 0 Å². The fraction of sp³-hybridized carbons (Fsp3) is 0.600. The number of carboxylic acids is 1. The number of alkyl halides is 3. The Morgan fingerprint density at radius 1 is 1.45 bits per heavy atom. The molecule has 9 heteroatoms. The third-order valence-corrected chi connectivity index (χ3v) is 5.61. The number of hydrogen-bond acceptors (Lipinski definition) is 4. The van der Waals surface area contributed by atoms with E-state index in [9.17, 15) is 18.0 Å². The van der Waals surface area contributed by atoms with E-state index in [1.165, 1.54) is 0 Å². The van der Waals surface area contributed by atoms with Gasteiger partial charge in [-0.05, 0) is 44.4 Å². The fourth-order valence-electron chi connectivity index (χ4n) is 4.54. The minimum absolute atomic E-state index is 0.00906. The highest BCUT2D eigenvalue weighted by Crippen LogP contribution is 2.43. The fourth-order valence-corrected chi connectivity index (χ4v) is 4.54. The highest BCUT2D eigenvalue weighted by atomic mass is 19.4. The molecule has 0 unspecified atom stereocenters. The normalized spacial score (nSPS) is 25.0. The second-order valence-corrected chi connectivity index (χ2v) is 7.28. The van der Waals surface area contributed by atoms with Gasteiger partial charge in [0.05, 0.1) is 18.3 Å². The number of aliphatic carboxylic acids is 1. The summed E-state index contributed by atoms with van der Waals surface area (Å²) in [6, 6.07) is 4.38. The van der Waals surface area contributed by atoms with Crippen LogP contribution >= 0.6 is 0 Å². The maximum atomic E-state index is 12.4. The molecule has 2 saturated heterocycles. The summed E-state index contributed by atoms with van der Waals surface area (Å²) in [5.41, 5.74) is -0.00906. The molecule has 3 rings (SSSR count). The Bertz CT molecular complexity index is 705. The molecule has 0 radical (unpaired) electrons. The van der Waals surface area contributed by atoms with Crippen LogP contribution in [-0.4, -0.2) is 57.6 Å². The third-order valence-electron chi connectivity index (χ3n) is 5.61. The van der Waals surface area contributed by atoms with Crippen molar-refractivity contribution < 1.29 is 32.3 Å². The molecular weight excluding hydrogens is 389 g/mol. The number of nitrogens with zero attached hydrogens (tertiary/aromatic N) is 2. The van der Waals surface area contributed by atoms with Gasteiger partial charge in [-0.1, -0.05) is 13.0 Å². The van der Waals surface area contributed by atoms with Gasteiger partial charge in [0.25, 0.3) is 0 Å². The van der Waals surface area contributed by atoms with Gasteiger partial charge in [-0.2, -0.15) is 13.2 Å². The van der Waals surface area contributed by atoms with Crippen molar-refractivity contribution in [3.8, 4) is 0 Å². The summed E-state index contributed by atoms with van der Waals surface area (Å²) in [5.74, 6) is -1.46. The van der Waals surface area contributed by atoms with Crippen molar-refractivity contribution in [2.45, 2.75) is 63.3 Å². The van der Waals surface area contributed by atoms with Crippen molar-refractivity contribution in [3.05, 3.63) is 36.8 Å². The lowest BCUT2D eigenvalue weighted by atomic mass is 9.77. The zero-order chi connectivity index (χ0) is 21.7. The van der Waals surface area contributed by atoms with Gasteiger partial charge >= 0.3 is 12.1 Å². The second-order valence-electron chi connectivity index (χ2n) is 7.28. The van der Waals surface area contributed by atoms with Crippen molar-refractivity contribution >= 4 is 11.9 Å². The van der Waals surface area contributed by atoms with Crippen LogP contribution in [0.4, 0.5) is 13.2 Å². The lowest BCUT2D eigenvalue weighted by Crippen LogP contribution is -2.62. The molecule has 0 aliphatic carbocycles. The van der Waals surface area contributed by atoms with Gasteiger partial charge < -0.3 is 14.4 Å². The topological polar surface area (TPSA) is 74.0 Å². The molecule has 2 aliphatic heterocycles. The second kappa shape index (κ2) is 9.47. The van der Waals surface area contributed by atoms with E-state index in [1.54, 1.807) is 6.26 Å². The average molecular weight is 416 g/mol. The Hall–Kier alpha value is -2.29. The summed E-state index contributed by atoms with van der Waals surface area (Å²) in [4.78, 5) is 25.9. The first-order chi connectivity index (χ1) is 13.7. The first-order valence-electron chi connectivity index (χ1n) is 9.63. The summed E-state index contributed by atoms with van der Waals surface area (Å²) in [6.45, 7) is 8.67. The van der Waals surface area contributed by atoms with Crippen molar-refractivity contribution in [3.63, 3.8) is 0 Å². The maximum Gasteiger partial charge on any atom is 0.490 e. The number of hydrogen-bond donors (Lipinski definition) is 1. The highest BCUT2D eigenvalue weighted by molar-refractivity contribution is 5.80. The van der Waals surface area contributed by atoms with Gasteiger partial charge in [0.1, 0.15) is 5.76 Å². The summed E-state index contributed by atoms with van der Waals surface area (Å²) >= 11 is 0. The first-order valence-corrected chi connectivity index (χ1v) is 9.63. The Kier molecular flexibility index (Phi) is 7.51. The van der Waals surface area contributed by atoms with Crippen LogP contribution in [0.15, 0.2) is 35.5 Å². The standard InChI is InChI=1S/C18H26N2O2.C2HF3O2/c1-3-11-20-17(21)8-10-18(20)9-6-12-19(16(18)4-2)14-15-7-5-13-22-15;3-2(4,5)1(6)7/h3,5,7,13,16H,1,4,6,8-12,14H2,2H3;(H,6,7)/t16-,18-;/m0./s1. The molecule has 2 aliphatic rings. The predicted octanol–water partition coefficient (Wildman–Crippen LogP) is 3.83. The van der Waals surface area contributed by atoms with E-state index in [4.69, 9.17) is 14.3 Å². The molecule has 1 aromatic rings. The molecule has 0 aromatic carbocycles. The molecule has 3 heterocycles. The molecule has 1 amide bonds. The van der Waals surface area contributed by atoms with Crippen molar-refractivity contribution in [2.75, 3.05) is 13.1 Å². The summed E-state index contributed by atoms with van der Waals surface area (Å²) in [7, 11) is 0. The number of halogens is 3. The minimum atomic E-state index is -5.08. The Morgan fingerprint density at radius 2 is 2.14 bits per heavy atom. The van der Waals surface area contributed by atoms with E-state index in [2.05, 4.69) is 23.3 Å². The van der Waals surface area contributed by atoms with Crippen LogP contribution in [-0.2, 0) is 16.1 Å². The molecule has 2 atom stereocenters. The monoisotopic (exact) mass is 416 g/mol. The predicted molar refractivity (Wildman–Crippen MR) is 100.0 cm³/mol. The van der Waals surface area contributed by atoms with Crippen LogP contribution in [0.3, 0.4) is 0 Å². The molecule has 162 valence electrons. The van der Waals surface area contributed by atoms with Crippen LogP contribution in [0, 0.1) is 0 Å². The Morgan fingerprint density at radius 3 is 2.66 bits per heavy atom. The van der Waals surface area contributed by atoms with E-state index < -0.39 is 12.1 Å². The van der Waals surface area contributed by atoms with Crippen LogP contribution < -0.4 is 0 Å². The highest BCUT2D eigenvalue weighted by Gasteiger charge is 2.52. The van der Waals surface area contributed by atoms with Gasteiger partial charge in [0.15, 0.2) is 0 Å². The van der Waals surface area contributed by atoms with E-state index in [-0.39, 0.29) is 11.4 Å². The van der Waals surface area contributed by atoms with Crippen LogP contribution in [0.25, 0.3) is 0 Å². The smallest absolute Gasteiger partial charge is 0.475 e. The maximum absolute atomic E-state index is 12.4. The van der Waals surface area contributed by atoms with Crippen LogP contribution in [0.2, 0.25) is 0 Å². The number of amides is 1. The summed E-state index contributed by atoms with van der Waals surface area (Å²) in [6.07, 6.45) is 3.48. The molecular formula is C20H27F3N2O4. The molecule has 1 N–H and O–H groups in total. The zero-order valence-corrected chi connectivity index (χ0v) is 16.5. The quantitative estimate of drug-likeness (QED) is 0.739. The Balaban J connectivity index is 0.000000370. The molecule has 29 heavy (non-hydrogen) atoms. The van der Waals surface area contributed by atoms with E-state index in [0.29, 0.717) is 19.0 Å². The van der Waals surface area contributed by atoms with Gasteiger partial charge in [-0.25, -0.2) is 4.79 Å². The SMILES string of the molecule is C=CCN1C(=O)CC[C@]12CCCN(Cc1ccco1)[C@H]2CC.O=C(O)C(F)(F)F. The van der Waals surface area contributed by atoms with Gasteiger partial charge in [-0.3, -0.25) is 9.69 Å². The third kappa shape index (κ3) is 5.20.